The second-order valence-electron chi connectivity index (χ2n) is 3.16. The second-order valence-corrected chi connectivity index (χ2v) is 3.95. The highest BCUT2D eigenvalue weighted by atomic mass is 79.9. The summed E-state index contributed by atoms with van der Waals surface area (Å²) in [5.74, 6) is 0.971. The average Bonchev–Trinajstić information content (AvgIpc) is 2.21. The topological polar surface area (TPSA) is 29.0 Å². The molecule has 0 spiro atoms. The maximum Gasteiger partial charge on any atom is 0.151 e. The van der Waals surface area contributed by atoms with Crippen LogP contribution in [0.5, 0.6) is 0 Å². The van der Waals surface area contributed by atoms with E-state index in [0.29, 0.717) is 0 Å². The Morgan fingerprint density at radius 2 is 2.14 bits per heavy atom. The highest BCUT2D eigenvalue weighted by Crippen LogP contribution is 2.09. The molecule has 0 saturated heterocycles. The third-order valence-electron chi connectivity index (χ3n) is 2.05. The predicted molar refractivity (Wildman–Crippen MR) is 63.1 cm³/mol. The third-order valence-corrected chi connectivity index (χ3v) is 2.61. The van der Waals surface area contributed by atoms with Gasteiger partial charge in [-0.1, -0.05) is 15.9 Å². The smallest absolute Gasteiger partial charge is 0.151 e. The summed E-state index contributed by atoms with van der Waals surface area (Å²) in [6, 6.07) is 4.03. The average molecular weight is 258 g/mol. The van der Waals surface area contributed by atoms with Crippen molar-refractivity contribution in [3.05, 3.63) is 17.8 Å². The van der Waals surface area contributed by atoms with Gasteiger partial charge >= 0.3 is 0 Å². The second kappa shape index (κ2) is 5.96. The molecule has 1 heterocycles. The van der Waals surface area contributed by atoms with E-state index in [1.54, 1.807) is 0 Å². The maximum absolute atomic E-state index is 4.16. The number of nitrogens with zero attached hydrogens (tertiary/aromatic N) is 3. The van der Waals surface area contributed by atoms with Crippen molar-refractivity contribution >= 4 is 21.7 Å². The van der Waals surface area contributed by atoms with Gasteiger partial charge in [0.25, 0.3) is 0 Å². The lowest BCUT2D eigenvalue weighted by molar-refractivity contribution is 0.769. The van der Waals surface area contributed by atoms with Crippen molar-refractivity contribution in [3.8, 4) is 0 Å². The fourth-order valence-corrected chi connectivity index (χ4v) is 1.50. The van der Waals surface area contributed by atoms with Crippen molar-refractivity contribution in [1.29, 1.82) is 0 Å². The molecule has 4 heteroatoms. The molecule has 0 aromatic carbocycles. The van der Waals surface area contributed by atoms with Gasteiger partial charge in [0.15, 0.2) is 5.82 Å². The number of aromatic nitrogens is 2. The molecule has 0 atom stereocenters. The SMILES string of the molecule is CCN(CCCBr)c1ccc(C)nn1. The Hall–Kier alpha value is -0.640. The number of rotatable bonds is 5. The third kappa shape index (κ3) is 3.25. The Balaban J connectivity index is 2.64. The molecule has 1 aromatic heterocycles. The van der Waals surface area contributed by atoms with E-state index in [2.05, 4.69) is 38.0 Å². The van der Waals surface area contributed by atoms with Crippen molar-refractivity contribution in [3.63, 3.8) is 0 Å². The zero-order valence-corrected chi connectivity index (χ0v) is 10.3. The quantitative estimate of drug-likeness (QED) is 0.759. The molecule has 0 radical (unpaired) electrons. The molecule has 0 aliphatic carbocycles. The fourth-order valence-electron chi connectivity index (χ4n) is 1.25. The molecule has 3 nitrogen and oxygen atoms in total. The van der Waals surface area contributed by atoms with E-state index in [4.69, 9.17) is 0 Å². The Morgan fingerprint density at radius 1 is 1.36 bits per heavy atom. The lowest BCUT2D eigenvalue weighted by Crippen LogP contribution is -2.25. The van der Waals surface area contributed by atoms with Crippen molar-refractivity contribution in [1.82, 2.24) is 10.2 Å². The number of hydrogen-bond donors (Lipinski definition) is 0. The van der Waals surface area contributed by atoms with Crippen LogP contribution < -0.4 is 4.90 Å². The molecule has 1 rings (SSSR count). The lowest BCUT2D eigenvalue weighted by Gasteiger charge is -2.20. The van der Waals surface area contributed by atoms with Gasteiger partial charge < -0.3 is 4.90 Å². The zero-order valence-electron chi connectivity index (χ0n) is 8.70. The molecular formula is C10H16BrN3. The van der Waals surface area contributed by atoms with Crippen LogP contribution in [0.25, 0.3) is 0 Å². The lowest BCUT2D eigenvalue weighted by atomic mass is 10.3. The first-order chi connectivity index (χ1) is 6.77. The zero-order chi connectivity index (χ0) is 10.4. The number of alkyl halides is 1. The van der Waals surface area contributed by atoms with Gasteiger partial charge in [-0.05, 0) is 32.4 Å². The first kappa shape index (κ1) is 11.4. The molecule has 0 unspecified atom stereocenters. The molecule has 0 aliphatic rings. The first-order valence-corrected chi connectivity index (χ1v) is 6.01. The number of aryl methyl sites for hydroxylation is 1. The van der Waals surface area contributed by atoms with Crippen LogP contribution >= 0.6 is 15.9 Å². The van der Waals surface area contributed by atoms with E-state index in [0.717, 1.165) is 36.4 Å². The summed E-state index contributed by atoms with van der Waals surface area (Å²) in [5.41, 5.74) is 0.963. The number of anilines is 1. The summed E-state index contributed by atoms with van der Waals surface area (Å²) in [6.07, 6.45) is 1.13. The van der Waals surface area contributed by atoms with Crippen LogP contribution in [0.15, 0.2) is 12.1 Å². The molecule has 0 N–H and O–H groups in total. The summed E-state index contributed by atoms with van der Waals surface area (Å²) in [7, 11) is 0. The molecule has 0 aliphatic heterocycles. The summed E-state index contributed by atoms with van der Waals surface area (Å²) < 4.78 is 0. The highest BCUT2D eigenvalue weighted by Gasteiger charge is 2.04. The summed E-state index contributed by atoms with van der Waals surface area (Å²) >= 11 is 3.43. The van der Waals surface area contributed by atoms with Crippen molar-refractivity contribution in [2.75, 3.05) is 23.3 Å². The van der Waals surface area contributed by atoms with Crippen LogP contribution in [-0.4, -0.2) is 28.6 Å². The monoisotopic (exact) mass is 257 g/mol. The molecule has 0 bridgehead atoms. The van der Waals surface area contributed by atoms with Gasteiger partial charge in [-0.2, -0.15) is 5.10 Å². The number of halogens is 1. The Bertz CT molecular complexity index is 261. The van der Waals surface area contributed by atoms with E-state index in [-0.39, 0.29) is 0 Å². The minimum Gasteiger partial charge on any atom is -0.355 e. The van der Waals surface area contributed by atoms with Gasteiger partial charge in [0, 0.05) is 18.4 Å². The van der Waals surface area contributed by atoms with Crippen molar-refractivity contribution in [2.45, 2.75) is 20.3 Å². The van der Waals surface area contributed by atoms with Gasteiger partial charge in [-0.3, -0.25) is 0 Å². The van der Waals surface area contributed by atoms with Gasteiger partial charge in [0.05, 0.1) is 5.69 Å². The first-order valence-electron chi connectivity index (χ1n) is 4.89. The van der Waals surface area contributed by atoms with E-state index in [1.807, 2.05) is 19.1 Å². The molecular weight excluding hydrogens is 242 g/mol. The van der Waals surface area contributed by atoms with Crippen LogP contribution in [0.4, 0.5) is 5.82 Å². The van der Waals surface area contributed by atoms with Gasteiger partial charge in [0.1, 0.15) is 0 Å². The molecule has 0 fully saturated rings. The highest BCUT2D eigenvalue weighted by molar-refractivity contribution is 9.09. The fraction of sp³-hybridized carbons (Fsp3) is 0.600. The Kier molecular flexibility index (Phi) is 4.87. The largest absolute Gasteiger partial charge is 0.355 e. The molecule has 1 aromatic rings. The van der Waals surface area contributed by atoms with Crippen LogP contribution in [0.3, 0.4) is 0 Å². The normalized spacial score (nSPS) is 10.2. The molecule has 0 saturated carbocycles. The summed E-state index contributed by atoms with van der Waals surface area (Å²) in [6.45, 7) is 6.09. The van der Waals surface area contributed by atoms with Gasteiger partial charge in [-0.15, -0.1) is 5.10 Å². The van der Waals surface area contributed by atoms with Gasteiger partial charge in [-0.25, -0.2) is 0 Å². The van der Waals surface area contributed by atoms with Crippen LogP contribution in [0.1, 0.15) is 19.0 Å². The number of hydrogen-bond acceptors (Lipinski definition) is 3. The Labute approximate surface area is 93.7 Å². The van der Waals surface area contributed by atoms with Crippen LogP contribution in [-0.2, 0) is 0 Å². The molecule has 78 valence electrons. The van der Waals surface area contributed by atoms with E-state index in [9.17, 15) is 0 Å². The minimum absolute atomic E-state index is 0.963. The summed E-state index contributed by atoms with van der Waals surface area (Å²) in [4.78, 5) is 2.23. The predicted octanol–water partition coefficient (Wildman–Crippen LogP) is 2.40. The van der Waals surface area contributed by atoms with Crippen LogP contribution in [0.2, 0.25) is 0 Å². The molecule has 0 amide bonds. The van der Waals surface area contributed by atoms with Crippen LogP contribution in [0, 0.1) is 6.92 Å². The van der Waals surface area contributed by atoms with Gasteiger partial charge in [0.2, 0.25) is 0 Å². The maximum atomic E-state index is 4.16. The van der Waals surface area contributed by atoms with Crippen molar-refractivity contribution < 1.29 is 0 Å². The van der Waals surface area contributed by atoms with Crippen molar-refractivity contribution in [2.24, 2.45) is 0 Å². The minimum atomic E-state index is 0.963. The van der Waals surface area contributed by atoms with E-state index in [1.165, 1.54) is 0 Å². The van der Waals surface area contributed by atoms with E-state index >= 15 is 0 Å². The standard InChI is InChI=1S/C10H16BrN3/c1-3-14(8-4-7-11)10-6-5-9(2)12-13-10/h5-6H,3-4,7-8H2,1-2H3. The van der Waals surface area contributed by atoms with E-state index < -0.39 is 0 Å². The Morgan fingerprint density at radius 3 is 2.64 bits per heavy atom. The summed E-state index contributed by atoms with van der Waals surface area (Å²) in [5, 5.41) is 9.25. The molecule has 14 heavy (non-hydrogen) atoms.